The maximum atomic E-state index is 13.0. The number of hydrogen-bond acceptors (Lipinski definition) is 4. The number of piperidine rings is 1. The molecule has 0 atom stereocenters. The van der Waals surface area contributed by atoms with Gasteiger partial charge >= 0.3 is 0 Å². The lowest BCUT2D eigenvalue weighted by Gasteiger charge is -2.32. The average molecular weight is 418 g/mol. The number of hydrogen-bond donors (Lipinski definition) is 0. The largest absolute Gasteiger partial charge is 0.293 e. The molecule has 0 unspecified atom stereocenters. The molecule has 1 fully saturated rings. The van der Waals surface area contributed by atoms with E-state index < -0.39 is 10.0 Å². The Bertz CT molecular complexity index is 1180. The predicted molar refractivity (Wildman–Crippen MR) is 109 cm³/mol. The van der Waals surface area contributed by atoms with Gasteiger partial charge in [-0.05, 0) is 56.2 Å². The molecule has 0 saturated carbocycles. The number of sulfonamides is 1. The van der Waals surface area contributed by atoms with Crippen LogP contribution in [0.5, 0.6) is 0 Å². The Morgan fingerprint density at radius 1 is 1.04 bits per heavy atom. The van der Waals surface area contributed by atoms with Gasteiger partial charge in [0.05, 0.1) is 15.8 Å². The normalized spacial score (nSPS) is 16.5. The molecule has 146 valence electrons. The minimum absolute atomic E-state index is 0.0675. The Morgan fingerprint density at radius 2 is 1.68 bits per heavy atom. The summed E-state index contributed by atoms with van der Waals surface area (Å²) in [7, 11) is -3.57. The molecule has 6 nitrogen and oxygen atoms in total. The van der Waals surface area contributed by atoms with E-state index in [2.05, 4.69) is 4.98 Å². The van der Waals surface area contributed by atoms with Crippen molar-refractivity contribution in [3.05, 3.63) is 69.7 Å². The fourth-order valence-electron chi connectivity index (χ4n) is 3.78. The Labute approximate surface area is 168 Å². The Hall–Kier alpha value is -2.22. The molecule has 1 saturated heterocycles. The molecular formula is C20H20ClN3O3S. The van der Waals surface area contributed by atoms with Crippen molar-refractivity contribution in [2.24, 2.45) is 0 Å². The van der Waals surface area contributed by atoms with Crippen LogP contribution in [-0.4, -0.2) is 35.4 Å². The summed E-state index contributed by atoms with van der Waals surface area (Å²) in [5.41, 5.74) is 0.617. The molecule has 2 aromatic carbocycles. The smallest absolute Gasteiger partial charge is 0.261 e. The molecule has 2 heterocycles. The van der Waals surface area contributed by atoms with E-state index in [9.17, 15) is 13.2 Å². The molecule has 0 bridgehead atoms. The van der Waals surface area contributed by atoms with Crippen LogP contribution >= 0.6 is 11.6 Å². The van der Waals surface area contributed by atoms with Crippen LogP contribution in [0.1, 0.15) is 24.7 Å². The zero-order chi connectivity index (χ0) is 19.9. The third kappa shape index (κ3) is 3.34. The first-order valence-corrected chi connectivity index (χ1v) is 10.9. The molecule has 0 amide bonds. The van der Waals surface area contributed by atoms with E-state index >= 15 is 0 Å². The van der Waals surface area contributed by atoms with E-state index in [0.29, 0.717) is 47.7 Å². The standard InChI is InChI=1S/C20H20ClN3O3S/c1-14-22-19-5-3-2-4-18(19)20(25)24(14)16-10-12-23(13-11-16)28(26,27)17-8-6-15(21)7-9-17/h2-9,16H,10-13H2,1H3. The second kappa shape index (κ2) is 7.31. The van der Waals surface area contributed by atoms with Crippen LogP contribution in [0, 0.1) is 6.92 Å². The second-order valence-corrected chi connectivity index (χ2v) is 9.31. The van der Waals surface area contributed by atoms with Gasteiger partial charge in [-0.2, -0.15) is 4.31 Å². The maximum Gasteiger partial charge on any atom is 0.261 e. The van der Waals surface area contributed by atoms with Crippen LogP contribution in [0.3, 0.4) is 0 Å². The molecule has 0 N–H and O–H groups in total. The first-order chi connectivity index (χ1) is 13.4. The predicted octanol–water partition coefficient (Wildman–Crippen LogP) is 3.38. The summed E-state index contributed by atoms with van der Waals surface area (Å²) in [6.07, 6.45) is 1.13. The van der Waals surface area contributed by atoms with Crippen molar-refractivity contribution >= 4 is 32.5 Å². The summed E-state index contributed by atoms with van der Waals surface area (Å²) in [4.78, 5) is 17.7. The molecule has 8 heteroatoms. The zero-order valence-electron chi connectivity index (χ0n) is 15.4. The lowest BCUT2D eigenvalue weighted by atomic mass is 10.1. The van der Waals surface area contributed by atoms with Gasteiger partial charge in [-0.1, -0.05) is 23.7 Å². The van der Waals surface area contributed by atoms with E-state index in [1.807, 2.05) is 25.1 Å². The summed E-state index contributed by atoms with van der Waals surface area (Å²) in [5, 5.41) is 1.08. The fourth-order valence-corrected chi connectivity index (χ4v) is 5.38. The number of halogens is 1. The van der Waals surface area contributed by atoms with Crippen LogP contribution in [0.25, 0.3) is 10.9 Å². The summed E-state index contributed by atoms with van der Waals surface area (Å²) in [6.45, 7) is 2.54. The summed E-state index contributed by atoms with van der Waals surface area (Å²) >= 11 is 5.86. The first kappa shape index (κ1) is 19.1. The summed E-state index contributed by atoms with van der Waals surface area (Å²) < 4.78 is 28.9. The number of aromatic nitrogens is 2. The zero-order valence-corrected chi connectivity index (χ0v) is 16.9. The van der Waals surface area contributed by atoms with Gasteiger partial charge in [0, 0.05) is 24.2 Å². The highest BCUT2D eigenvalue weighted by Gasteiger charge is 2.31. The van der Waals surface area contributed by atoms with Gasteiger partial charge in [0.15, 0.2) is 0 Å². The Morgan fingerprint density at radius 3 is 2.36 bits per heavy atom. The van der Waals surface area contributed by atoms with Crippen molar-refractivity contribution in [2.75, 3.05) is 13.1 Å². The molecular weight excluding hydrogens is 398 g/mol. The minimum Gasteiger partial charge on any atom is -0.293 e. The lowest BCUT2D eigenvalue weighted by molar-refractivity contribution is 0.267. The van der Waals surface area contributed by atoms with E-state index in [0.717, 1.165) is 0 Å². The van der Waals surface area contributed by atoms with Gasteiger partial charge in [-0.25, -0.2) is 13.4 Å². The number of nitrogens with zero attached hydrogens (tertiary/aromatic N) is 3. The summed E-state index contributed by atoms with van der Waals surface area (Å²) in [6, 6.07) is 13.4. The van der Waals surface area contributed by atoms with Gasteiger partial charge in [0.25, 0.3) is 5.56 Å². The quantitative estimate of drug-likeness (QED) is 0.654. The average Bonchev–Trinajstić information content (AvgIpc) is 2.69. The topological polar surface area (TPSA) is 72.3 Å². The third-order valence-electron chi connectivity index (χ3n) is 5.22. The first-order valence-electron chi connectivity index (χ1n) is 9.11. The number of rotatable bonds is 3. The molecule has 0 aliphatic carbocycles. The minimum atomic E-state index is -3.57. The van der Waals surface area contributed by atoms with E-state index in [1.54, 1.807) is 22.8 Å². The van der Waals surface area contributed by atoms with Crippen LogP contribution in [0.2, 0.25) is 5.02 Å². The van der Waals surface area contributed by atoms with E-state index in [-0.39, 0.29) is 16.5 Å². The van der Waals surface area contributed by atoms with Crippen molar-refractivity contribution in [3.63, 3.8) is 0 Å². The Kier molecular flexibility index (Phi) is 4.99. The molecule has 0 radical (unpaired) electrons. The molecule has 1 aliphatic heterocycles. The van der Waals surface area contributed by atoms with Gasteiger partial charge in [0.2, 0.25) is 10.0 Å². The molecule has 3 aromatic rings. The highest BCUT2D eigenvalue weighted by molar-refractivity contribution is 7.89. The SMILES string of the molecule is Cc1nc2ccccc2c(=O)n1C1CCN(S(=O)(=O)c2ccc(Cl)cc2)CC1. The number of aryl methyl sites for hydroxylation is 1. The molecule has 1 aliphatic rings. The number of benzene rings is 2. The van der Waals surface area contributed by atoms with E-state index in [1.165, 1.54) is 16.4 Å². The van der Waals surface area contributed by atoms with Crippen molar-refractivity contribution in [3.8, 4) is 0 Å². The van der Waals surface area contributed by atoms with E-state index in [4.69, 9.17) is 11.6 Å². The lowest BCUT2D eigenvalue weighted by Crippen LogP contribution is -2.41. The molecule has 4 rings (SSSR count). The second-order valence-electron chi connectivity index (χ2n) is 6.94. The van der Waals surface area contributed by atoms with Crippen molar-refractivity contribution in [1.82, 2.24) is 13.9 Å². The number of para-hydroxylation sites is 1. The maximum absolute atomic E-state index is 13.0. The van der Waals surface area contributed by atoms with Gasteiger partial charge in [0.1, 0.15) is 5.82 Å². The van der Waals surface area contributed by atoms with Crippen LogP contribution < -0.4 is 5.56 Å². The van der Waals surface area contributed by atoms with Crippen LogP contribution in [0.4, 0.5) is 0 Å². The van der Waals surface area contributed by atoms with Gasteiger partial charge in [-0.15, -0.1) is 0 Å². The van der Waals surface area contributed by atoms with Gasteiger partial charge < -0.3 is 0 Å². The van der Waals surface area contributed by atoms with Crippen molar-refractivity contribution < 1.29 is 8.42 Å². The van der Waals surface area contributed by atoms with Crippen molar-refractivity contribution in [2.45, 2.75) is 30.7 Å². The molecule has 1 aromatic heterocycles. The van der Waals surface area contributed by atoms with Crippen molar-refractivity contribution in [1.29, 1.82) is 0 Å². The monoisotopic (exact) mass is 417 g/mol. The number of fused-ring (bicyclic) bond motifs is 1. The third-order valence-corrected chi connectivity index (χ3v) is 7.39. The Balaban J connectivity index is 1.59. The highest BCUT2D eigenvalue weighted by atomic mass is 35.5. The van der Waals surface area contributed by atoms with Crippen LogP contribution in [0.15, 0.2) is 58.2 Å². The molecule has 28 heavy (non-hydrogen) atoms. The highest BCUT2D eigenvalue weighted by Crippen LogP contribution is 2.27. The van der Waals surface area contributed by atoms with Crippen LogP contribution in [-0.2, 0) is 10.0 Å². The fraction of sp³-hybridized carbons (Fsp3) is 0.300. The van der Waals surface area contributed by atoms with Gasteiger partial charge in [-0.3, -0.25) is 9.36 Å². The summed E-state index contributed by atoms with van der Waals surface area (Å²) in [5.74, 6) is 0.655. The molecule has 0 spiro atoms.